The third-order valence-corrected chi connectivity index (χ3v) is 3.38. The highest BCUT2D eigenvalue weighted by Crippen LogP contribution is 2.18. The van der Waals surface area contributed by atoms with E-state index in [4.69, 9.17) is 4.74 Å². The minimum absolute atomic E-state index is 0.0687. The van der Waals surface area contributed by atoms with Gasteiger partial charge in [0.25, 0.3) is 0 Å². The summed E-state index contributed by atoms with van der Waals surface area (Å²) in [5, 5.41) is 2.47. The van der Waals surface area contributed by atoms with Crippen molar-refractivity contribution in [3.63, 3.8) is 0 Å². The molecule has 2 fully saturated rings. The second-order valence-corrected chi connectivity index (χ2v) is 4.42. The lowest BCUT2D eigenvalue weighted by atomic mass is 10.2. The van der Waals surface area contributed by atoms with E-state index in [0.29, 0.717) is 13.1 Å². The highest BCUT2D eigenvalue weighted by atomic mass is 16.5. The van der Waals surface area contributed by atoms with Crippen molar-refractivity contribution in [3.05, 3.63) is 0 Å². The maximum Gasteiger partial charge on any atom is 0.324 e. The zero-order valence-corrected chi connectivity index (χ0v) is 10.3. The molecule has 7 heteroatoms. The van der Waals surface area contributed by atoms with Gasteiger partial charge in [-0.25, -0.2) is 4.79 Å². The monoisotopic (exact) mass is 255 g/mol. The SMILES string of the molecule is COC(=O)C1CCCN1CCN1C(=O)CNC1=O. The van der Waals surface area contributed by atoms with Crippen LogP contribution in [-0.4, -0.2) is 67.0 Å². The third-order valence-electron chi connectivity index (χ3n) is 3.38. The minimum Gasteiger partial charge on any atom is -0.468 e. The number of rotatable bonds is 4. The summed E-state index contributed by atoms with van der Waals surface area (Å²) in [6, 6.07) is -0.593. The van der Waals surface area contributed by atoms with Crippen LogP contribution in [0.15, 0.2) is 0 Å². The number of imide groups is 1. The van der Waals surface area contributed by atoms with E-state index >= 15 is 0 Å². The number of nitrogens with one attached hydrogen (secondary N) is 1. The average molecular weight is 255 g/mol. The van der Waals surface area contributed by atoms with Gasteiger partial charge < -0.3 is 10.1 Å². The Hall–Kier alpha value is -1.63. The fraction of sp³-hybridized carbons (Fsp3) is 0.727. The first-order valence-electron chi connectivity index (χ1n) is 6.03. The number of esters is 1. The topological polar surface area (TPSA) is 79.0 Å². The zero-order chi connectivity index (χ0) is 13.1. The van der Waals surface area contributed by atoms with Gasteiger partial charge in [-0.15, -0.1) is 0 Å². The molecule has 1 atom stereocenters. The molecular weight excluding hydrogens is 238 g/mol. The maximum absolute atomic E-state index is 11.5. The summed E-state index contributed by atoms with van der Waals surface area (Å²) in [7, 11) is 1.37. The molecule has 0 spiro atoms. The first kappa shape index (κ1) is 12.8. The number of nitrogens with zero attached hydrogens (tertiary/aromatic N) is 2. The van der Waals surface area contributed by atoms with Crippen LogP contribution in [0.1, 0.15) is 12.8 Å². The molecular formula is C11H17N3O4. The molecule has 3 amide bonds. The van der Waals surface area contributed by atoms with Crippen molar-refractivity contribution in [3.8, 4) is 0 Å². The van der Waals surface area contributed by atoms with E-state index in [0.717, 1.165) is 19.4 Å². The van der Waals surface area contributed by atoms with Gasteiger partial charge in [0.2, 0.25) is 5.91 Å². The van der Waals surface area contributed by atoms with Gasteiger partial charge in [0.1, 0.15) is 6.04 Å². The Kier molecular flexibility index (Phi) is 3.81. The van der Waals surface area contributed by atoms with Crippen molar-refractivity contribution in [1.82, 2.24) is 15.1 Å². The van der Waals surface area contributed by atoms with Gasteiger partial charge in [-0.05, 0) is 19.4 Å². The minimum atomic E-state index is -0.353. The lowest BCUT2D eigenvalue weighted by Crippen LogP contribution is -2.43. The summed E-state index contributed by atoms with van der Waals surface area (Å²) in [4.78, 5) is 37.4. The summed E-state index contributed by atoms with van der Waals surface area (Å²) in [5.74, 6) is -0.460. The van der Waals surface area contributed by atoms with Crippen LogP contribution >= 0.6 is 0 Å². The van der Waals surface area contributed by atoms with Crippen LogP contribution in [0.3, 0.4) is 0 Å². The van der Waals surface area contributed by atoms with Gasteiger partial charge in [0.15, 0.2) is 0 Å². The van der Waals surface area contributed by atoms with Crippen LogP contribution in [0.2, 0.25) is 0 Å². The summed E-state index contributed by atoms with van der Waals surface area (Å²) in [5.41, 5.74) is 0. The normalized spacial score (nSPS) is 24.5. The van der Waals surface area contributed by atoms with Gasteiger partial charge in [-0.1, -0.05) is 0 Å². The van der Waals surface area contributed by atoms with Crippen LogP contribution < -0.4 is 5.32 Å². The van der Waals surface area contributed by atoms with Crippen molar-refractivity contribution in [2.24, 2.45) is 0 Å². The number of amides is 3. The third kappa shape index (κ3) is 2.45. The molecule has 18 heavy (non-hydrogen) atoms. The predicted molar refractivity (Wildman–Crippen MR) is 61.7 cm³/mol. The lowest BCUT2D eigenvalue weighted by Gasteiger charge is -2.24. The molecule has 0 aromatic carbocycles. The summed E-state index contributed by atoms with van der Waals surface area (Å²) in [6.07, 6.45) is 1.70. The molecule has 0 bridgehead atoms. The number of hydrogen-bond donors (Lipinski definition) is 1. The summed E-state index contributed by atoms with van der Waals surface area (Å²) < 4.78 is 4.74. The van der Waals surface area contributed by atoms with Crippen LogP contribution in [0.4, 0.5) is 4.79 Å². The fourth-order valence-corrected chi connectivity index (χ4v) is 2.41. The summed E-state index contributed by atoms with van der Waals surface area (Å²) >= 11 is 0. The molecule has 7 nitrogen and oxygen atoms in total. The molecule has 1 unspecified atom stereocenters. The molecule has 2 heterocycles. The van der Waals surface area contributed by atoms with Crippen LogP contribution in [0.25, 0.3) is 0 Å². The quantitative estimate of drug-likeness (QED) is 0.524. The molecule has 0 aromatic heterocycles. The lowest BCUT2D eigenvalue weighted by molar-refractivity contribution is -0.145. The van der Waals surface area contributed by atoms with E-state index in [1.807, 2.05) is 4.90 Å². The standard InChI is InChI=1S/C11H17N3O4/c1-18-10(16)8-3-2-4-13(8)5-6-14-9(15)7-12-11(14)17/h8H,2-7H2,1H3,(H,12,17). The Bertz CT molecular complexity index is 355. The van der Waals surface area contributed by atoms with Crippen LogP contribution in [0.5, 0.6) is 0 Å². The Labute approximate surface area is 105 Å². The van der Waals surface area contributed by atoms with Crippen molar-refractivity contribution in [2.45, 2.75) is 18.9 Å². The predicted octanol–water partition coefficient (Wildman–Crippen LogP) is -0.824. The highest BCUT2D eigenvalue weighted by molar-refractivity contribution is 6.01. The number of carbonyl (C=O) groups is 3. The van der Waals surface area contributed by atoms with E-state index in [1.165, 1.54) is 12.0 Å². The van der Waals surface area contributed by atoms with Crippen molar-refractivity contribution >= 4 is 17.9 Å². The van der Waals surface area contributed by atoms with Crippen LogP contribution in [-0.2, 0) is 14.3 Å². The van der Waals surface area contributed by atoms with Gasteiger partial charge in [0, 0.05) is 13.1 Å². The van der Waals surface area contributed by atoms with E-state index in [-0.39, 0.29) is 30.5 Å². The molecule has 2 rings (SSSR count). The smallest absolute Gasteiger partial charge is 0.324 e. The maximum atomic E-state index is 11.5. The second kappa shape index (κ2) is 5.34. The second-order valence-electron chi connectivity index (χ2n) is 4.42. The van der Waals surface area contributed by atoms with Crippen molar-refractivity contribution in [1.29, 1.82) is 0 Å². The Morgan fingerprint density at radius 1 is 1.44 bits per heavy atom. The van der Waals surface area contributed by atoms with Crippen molar-refractivity contribution < 1.29 is 19.1 Å². The Balaban J connectivity index is 1.87. The molecule has 0 aliphatic carbocycles. The number of likely N-dealkylation sites (tertiary alicyclic amines) is 1. The van der Waals surface area contributed by atoms with Gasteiger partial charge in [-0.3, -0.25) is 19.4 Å². The molecule has 2 aliphatic rings. The number of hydrogen-bond acceptors (Lipinski definition) is 5. The largest absolute Gasteiger partial charge is 0.468 e. The van der Waals surface area contributed by atoms with Gasteiger partial charge >= 0.3 is 12.0 Å². The van der Waals surface area contributed by atoms with Gasteiger partial charge in [-0.2, -0.15) is 0 Å². The zero-order valence-electron chi connectivity index (χ0n) is 10.3. The van der Waals surface area contributed by atoms with E-state index in [2.05, 4.69) is 5.32 Å². The average Bonchev–Trinajstić information content (AvgIpc) is 2.94. The van der Waals surface area contributed by atoms with Crippen molar-refractivity contribution in [2.75, 3.05) is 33.3 Å². The number of urea groups is 1. The highest BCUT2D eigenvalue weighted by Gasteiger charge is 2.33. The fourth-order valence-electron chi connectivity index (χ4n) is 2.41. The number of methoxy groups -OCH3 is 1. The molecule has 100 valence electrons. The molecule has 0 saturated carbocycles. The number of ether oxygens (including phenoxy) is 1. The van der Waals surface area contributed by atoms with Gasteiger partial charge in [0.05, 0.1) is 13.7 Å². The van der Waals surface area contributed by atoms with E-state index < -0.39 is 0 Å². The summed E-state index contributed by atoms with van der Waals surface area (Å²) in [6.45, 7) is 1.69. The molecule has 0 radical (unpaired) electrons. The van der Waals surface area contributed by atoms with E-state index in [1.54, 1.807) is 0 Å². The van der Waals surface area contributed by atoms with Crippen LogP contribution in [0, 0.1) is 0 Å². The Morgan fingerprint density at radius 3 is 2.83 bits per heavy atom. The first-order chi connectivity index (χ1) is 8.63. The first-order valence-corrected chi connectivity index (χ1v) is 6.03. The Morgan fingerprint density at radius 2 is 2.22 bits per heavy atom. The molecule has 1 N–H and O–H groups in total. The van der Waals surface area contributed by atoms with E-state index in [9.17, 15) is 14.4 Å². The molecule has 2 aliphatic heterocycles. The number of carbonyl (C=O) groups excluding carboxylic acids is 3. The molecule has 0 aromatic rings. The molecule has 2 saturated heterocycles.